The molecule has 0 aliphatic carbocycles. The number of sulfonamides is 1. The minimum atomic E-state index is -3.53. The molecule has 0 spiro atoms. The highest BCUT2D eigenvalue weighted by Crippen LogP contribution is 2.27. The van der Waals surface area contributed by atoms with Gasteiger partial charge in [-0.25, -0.2) is 8.42 Å². The normalized spacial score (nSPS) is 23.4. The fourth-order valence-electron chi connectivity index (χ4n) is 4.30. The van der Waals surface area contributed by atoms with Crippen molar-refractivity contribution in [3.05, 3.63) is 47.3 Å². The molecule has 0 bridgehead atoms. The third kappa shape index (κ3) is 3.58. The number of rotatable bonds is 3. The molecule has 2 aliphatic heterocycles. The maximum Gasteiger partial charge on any atom is 0.254 e. The Morgan fingerprint density at radius 2 is 1.82 bits per heavy atom. The number of piperidine rings is 1. The SMILES string of the molecule is CC1CC(C)CN(S(=O)(=O)c2ccc(C(=O)N3CCc4[nH]ncc4C3)cc2)C1. The van der Waals surface area contributed by atoms with Crippen molar-refractivity contribution in [1.29, 1.82) is 0 Å². The number of carbonyl (C=O) groups excluding carboxylic acids is 1. The third-order valence-corrected chi connectivity index (χ3v) is 7.51. The van der Waals surface area contributed by atoms with E-state index in [0.717, 1.165) is 24.1 Å². The Hall–Kier alpha value is -2.19. The first-order chi connectivity index (χ1) is 13.3. The summed E-state index contributed by atoms with van der Waals surface area (Å²) in [6.45, 7) is 6.42. The topological polar surface area (TPSA) is 86.4 Å². The minimum absolute atomic E-state index is 0.0870. The van der Waals surface area contributed by atoms with Gasteiger partial charge >= 0.3 is 0 Å². The minimum Gasteiger partial charge on any atom is -0.334 e. The van der Waals surface area contributed by atoms with Crippen molar-refractivity contribution < 1.29 is 13.2 Å². The van der Waals surface area contributed by atoms with Crippen LogP contribution in [0.3, 0.4) is 0 Å². The molecule has 2 aromatic rings. The molecule has 1 aromatic carbocycles. The first-order valence-electron chi connectivity index (χ1n) is 9.75. The van der Waals surface area contributed by atoms with Crippen LogP contribution in [0.25, 0.3) is 0 Å². The van der Waals surface area contributed by atoms with Gasteiger partial charge in [0.1, 0.15) is 0 Å². The second-order valence-corrected chi connectivity index (χ2v) is 10.1. The number of hydrogen-bond donors (Lipinski definition) is 1. The zero-order valence-corrected chi connectivity index (χ0v) is 17.1. The molecule has 1 N–H and O–H groups in total. The summed E-state index contributed by atoms with van der Waals surface area (Å²) in [6.07, 6.45) is 3.55. The van der Waals surface area contributed by atoms with Crippen LogP contribution >= 0.6 is 0 Å². The van der Waals surface area contributed by atoms with Crippen LogP contribution in [0.5, 0.6) is 0 Å². The predicted octanol–water partition coefficient (Wildman–Crippen LogP) is 2.27. The molecule has 2 atom stereocenters. The molecule has 1 fully saturated rings. The van der Waals surface area contributed by atoms with Crippen LogP contribution in [0, 0.1) is 11.8 Å². The number of nitrogens with one attached hydrogen (secondary N) is 1. The summed E-state index contributed by atoms with van der Waals surface area (Å²) in [5, 5.41) is 6.99. The number of hydrogen-bond acceptors (Lipinski definition) is 4. The lowest BCUT2D eigenvalue weighted by atomic mass is 9.94. The van der Waals surface area contributed by atoms with Crippen molar-refractivity contribution in [3.8, 4) is 0 Å². The smallest absolute Gasteiger partial charge is 0.254 e. The number of fused-ring (bicyclic) bond motifs is 1. The van der Waals surface area contributed by atoms with Gasteiger partial charge < -0.3 is 4.90 Å². The summed E-state index contributed by atoms with van der Waals surface area (Å²) in [6, 6.07) is 6.35. The van der Waals surface area contributed by atoms with Gasteiger partial charge in [0, 0.05) is 49.4 Å². The van der Waals surface area contributed by atoms with Crippen LogP contribution in [0.1, 0.15) is 41.9 Å². The van der Waals surface area contributed by atoms with E-state index < -0.39 is 10.0 Å². The first kappa shape index (κ1) is 19.1. The average Bonchev–Trinajstić information content (AvgIpc) is 3.14. The van der Waals surface area contributed by atoms with Crippen LogP contribution in [-0.2, 0) is 23.0 Å². The summed E-state index contributed by atoms with van der Waals surface area (Å²) in [5.41, 5.74) is 2.62. The molecule has 1 saturated heterocycles. The second-order valence-electron chi connectivity index (χ2n) is 8.14. The maximum atomic E-state index is 13.0. The van der Waals surface area contributed by atoms with Crippen LogP contribution in [-0.4, -0.2) is 53.4 Å². The first-order valence-corrected chi connectivity index (χ1v) is 11.2. The summed E-state index contributed by atoms with van der Waals surface area (Å²) in [7, 11) is -3.53. The Morgan fingerprint density at radius 1 is 1.14 bits per heavy atom. The van der Waals surface area contributed by atoms with E-state index in [1.165, 1.54) is 0 Å². The van der Waals surface area contributed by atoms with Gasteiger partial charge in [-0.2, -0.15) is 9.40 Å². The molecule has 4 rings (SSSR count). The van der Waals surface area contributed by atoms with Crippen LogP contribution in [0.15, 0.2) is 35.4 Å². The Morgan fingerprint density at radius 3 is 2.50 bits per heavy atom. The van der Waals surface area contributed by atoms with Gasteiger partial charge in [-0.15, -0.1) is 0 Å². The lowest BCUT2D eigenvalue weighted by Crippen LogP contribution is -2.42. The maximum absolute atomic E-state index is 13.0. The molecule has 150 valence electrons. The highest BCUT2D eigenvalue weighted by molar-refractivity contribution is 7.89. The molecular formula is C20H26N4O3S. The van der Waals surface area contributed by atoms with Gasteiger partial charge in [0.2, 0.25) is 10.0 Å². The van der Waals surface area contributed by atoms with Crippen molar-refractivity contribution in [2.24, 2.45) is 11.8 Å². The van der Waals surface area contributed by atoms with Gasteiger partial charge in [-0.05, 0) is 42.5 Å². The Kier molecular flexibility index (Phi) is 5.01. The lowest BCUT2D eigenvalue weighted by Gasteiger charge is -2.34. The van der Waals surface area contributed by atoms with E-state index in [1.807, 2.05) is 0 Å². The second kappa shape index (κ2) is 7.33. The monoisotopic (exact) mass is 402 g/mol. The number of benzene rings is 1. The highest BCUT2D eigenvalue weighted by Gasteiger charge is 2.32. The Bertz CT molecular complexity index is 958. The molecule has 28 heavy (non-hydrogen) atoms. The molecule has 1 amide bonds. The number of amides is 1. The predicted molar refractivity (Wildman–Crippen MR) is 105 cm³/mol. The molecule has 2 aliphatic rings. The van der Waals surface area contributed by atoms with E-state index in [9.17, 15) is 13.2 Å². The Balaban J connectivity index is 1.50. The van der Waals surface area contributed by atoms with Crippen molar-refractivity contribution >= 4 is 15.9 Å². The molecule has 8 heteroatoms. The van der Waals surface area contributed by atoms with Gasteiger partial charge in [-0.3, -0.25) is 9.89 Å². The van der Waals surface area contributed by atoms with E-state index in [4.69, 9.17) is 0 Å². The summed E-state index contributed by atoms with van der Waals surface area (Å²) in [4.78, 5) is 14.8. The summed E-state index contributed by atoms with van der Waals surface area (Å²) in [5.74, 6) is 0.619. The zero-order valence-electron chi connectivity index (χ0n) is 16.3. The quantitative estimate of drug-likeness (QED) is 0.853. The van der Waals surface area contributed by atoms with Crippen molar-refractivity contribution in [1.82, 2.24) is 19.4 Å². The molecule has 0 radical (unpaired) electrons. The van der Waals surface area contributed by atoms with Gasteiger partial charge in [0.05, 0.1) is 11.1 Å². The standard InChI is InChI=1S/C20H26N4O3S/c1-14-9-15(2)12-24(11-14)28(26,27)18-5-3-16(4-6-18)20(25)23-8-7-19-17(13-23)10-21-22-19/h3-6,10,14-15H,7-9,11-13H2,1-2H3,(H,21,22). The van der Waals surface area contributed by atoms with Gasteiger partial charge in [-0.1, -0.05) is 13.8 Å². The molecular weight excluding hydrogens is 376 g/mol. The summed E-state index contributed by atoms with van der Waals surface area (Å²) < 4.78 is 27.6. The number of aromatic nitrogens is 2. The van der Waals surface area contributed by atoms with Gasteiger partial charge in [0.25, 0.3) is 5.91 Å². The number of H-pyrrole nitrogens is 1. The number of carbonyl (C=O) groups is 1. The highest BCUT2D eigenvalue weighted by atomic mass is 32.2. The van der Waals surface area contributed by atoms with Crippen molar-refractivity contribution in [2.75, 3.05) is 19.6 Å². The van der Waals surface area contributed by atoms with Crippen molar-refractivity contribution in [2.45, 2.75) is 38.1 Å². The molecule has 1 aromatic heterocycles. The van der Waals surface area contributed by atoms with Gasteiger partial charge in [0.15, 0.2) is 0 Å². The van der Waals surface area contributed by atoms with Crippen LogP contribution in [0.4, 0.5) is 0 Å². The molecule has 0 saturated carbocycles. The Labute approximate surface area is 165 Å². The zero-order chi connectivity index (χ0) is 19.9. The van der Waals surface area contributed by atoms with Crippen LogP contribution < -0.4 is 0 Å². The average molecular weight is 403 g/mol. The number of nitrogens with zero attached hydrogens (tertiary/aromatic N) is 3. The van der Waals surface area contributed by atoms with Crippen LogP contribution in [0.2, 0.25) is 0 Å². The number of aromatic amines is 1. The molecule has 7 nitrogen and oxygen atoms in total. The molecule has 2 unspecified atom stereocenters. The van der Waals surface area contributed by atoms with Crippen molar-refractivity contribution in [3.63, 3.8) is 0 Å². The molecule has 3 heterocycles. The fourth-order valence-corrected chi connectivity index (χ4v) is 5.98. The van der Waals surface area contributed by atoms with E-state index in [1.54, 1.807) is 39.7 Å². The summed E-state index contributed by atoms with van der Waals surface area (Å²) >= 11 is 0. The van der Waals surface area contributed by atoms with E-state index in [0.29, 0.717) is 43.6 Å². The fraction of sp³-hybridized carbons (Fsp3) is 0.500. The largest absolute Gasteiger partial charge is 0.334 e. The van der Waals surface area contributed by atoms with E-state index in [-0.39, 0.29) is 10.8 Å². The third-order valence-electron chi connectivity index (χ3n) is 5.66. The van der Waals surface area contributed by atoms with E-state index in [2.05, 4.69) is 24.0 Å². The lowest BCUT2D eigenvalue weighted by molar-refractivity contribution is 0.0734. The van der Waals surface area contributed by atoms with E-state index >= 15 is 0 Å².